The first-order chi connectivity index (χ1) is 14.8. The lowest BCUT2D eigenvalue weighted by molar-refractivity contribution is -0.140. The van der Waals surface area contributed by atoms with Gasteiger partial charge in [0, 0.05) is 18.5 Å². The fourth-order valence-corrected chi connectivity index (χ4v) is 3.64. The molecule has 2 aromatic rings. The number of Topliss-reactive ketones (excluding diaryl/α,β-unsaturated/α-hetero) is 1. The third kappa shape index (κ3) is 4.77. The summed E-state index contributed by atoms with van der Waals surface area (Å²) in [4.78, 5) is 37.9. The topological polar surface area (TPSA) is 104 Å². The van der Waals surface area contributed by atoms with Crippen LogP contribution in [-0.2, 0) is 14.4 Å². The van der Waals surface area contributed by atoms with Gasteiger partial charge in [0.1, 0.15) is 11.5 Å². The number of aliphatic hydroxyl groups is 1. The van der Waals surface area contributed by atoms with Crippen LogP contribution in [0, 0.1) is 6.92 Å². The van der Waals surface area contributed by atoms with E-state index in [1.165, 1.54) is 4.90 Å². The standard InChI is InChI=1S/C24H25NO6/c1-3-31-18-12-10-16(11-13-18)21-20(22(28)17-8-6-15(2)7-9-17)23(29)24(30)25(21)14-4-5-19(26)27/h6-13,21,28H,3-5,14H2,1-2H3,(H,26,27)/b22-20+/t21-/m1/s1. The van der Waals surface area contributed by atoms with Gasteiger partial charge in [-0.1, -0.05) is 42.0 Å². The number of hydrogen-bond donors (Lipinski definition) is 2. The Morgan fingerprint density at radius 2 is 1.68 bits per heavy atom. The average Bonchev–Trinajstić information content (AvgIpc) is 2.99. The van der Waals surface area contributed by atoms with E-state index >= 15 is 0 Å². The Morgan fingerprint density at radius 3 is 2.26 bits per heavy atom. The van der Waals surface area contributed by atoms with Gasteiger partial charge in [0.2, 0.25) is 0 Å². The number of nitrogens with zero attached hydrogens (tertiary/aromatic N) is 1. The summed E-state index contributed by atoms with van der Waals surface area (Å²) >= 11 is 0. The zero-order chi connectivity index (χ0) is 22.5. The highest BCUT2D eigenvalue weighted by molar-refractivity contribution is 6.46. The molecule has 31 heavy (non-hydrogen) atoms. The maximum absolute atomic E-state index is 12.9. The molecule has 1 atom stereocenters. The summed E-state index contributed by atoms with van der Waals surface area (Å²) in [5, 5.41) is 19.9. The van der Waals surface area contributed by atoms with Crippen LogP contribution in [0.5, 0.6) is 5.75 Å². The van der Waals surface area contributed by atoms with E-state index < -0.39 is 23.7 Å². The number of ketones is 1. The predicted molar refractivity (Wildman–Crippen MR) is 115 cm³/mol. The van der Waals surface area contributed by atoms with Crippen molar-refractivity contribution in [1.82, 2.24) is 4.90 Å². The smallest absolute Gasteiger partial charge is 0.303 e. The van der Waals surface area contributed by atoms with Gasteiger partial charge in [-0.3, -0.25) is 14.4 Å². The number of carbonyl (C=O) groups excluding carboxylic acids is 2. The second-order valence-electron chi connectivity index (χ2n) is 7.36. The number of carboxylic acid groups (broad SMARTS) is 1. The Labute approximate surface area is 180 Å². The molecule has 7 nitrogen and oxygen atoms in total. The van der Waals surface area contributed by atoms with Crippen LogP contribution in [-0.4, -0.2) is 45.9 Å². The van der Waals surface area contributed by atoms with Gasteiger partial charge in [0.05, 0.1) is 18.2 Å². The normalized spacial score (nSPS) is 17.7. The molecular weight excluding hydrogens is 398 g/mol. The zero-order valence-corrected chi connectivity index (χ0v) is 17.5. The van der Waals surface area contributed by atoms with Crippen molar-refractivity contribution in [2.24, 2.45) is 0 Å². The molecule has 0 saturated carbocycles. The van der Waals surface area contributed by atoms with Gasteiger partial charge >= 0.3 is 5.97 Å². The van der Waals surface area contributed by atoms with Crippen molar-refractivity contribution in [2.45, 2.75) is 32.7 Å². The van der Waals surface area contributed by atoms with E-state index in [0.29, 0.717) is 23.5 Å². The molecule has 7 heteroatoms. The maximum atomic E-state index is 12.9. The van der Waals surface area contributed by atoms with Crippen LogP contribution in [0.25, 0.3) is 5.76 Å². The third-order valence-corrected chi connectivity index (χ3v) is 5.16. The summed E-state index contributed by atoms with van der Waals surface area (Å²) in [6, 6.07) is 13.2. The van der Waals surface area contributed by atoms with Crippen LogP contribution in [0.15, 0.2) is 54.1 Å². The van der Waals surface area contributed by atoms with Gasteiger partial charge in [-0.2, -0.15) is 0 Å². The molecule has 0 spiro atoms. The highest BCUT2D eigenvalue weighted by Crippen LogP contribution is 2.40. The number of ether oxygens (including phenoxy) is 1. The van der Waals surface area contributed by atoms with Crippen LogP contribution < -0.4 is 4.74 Å². The van der Waals surface area contributed by atoms with Gasteiger partial charge in [-0.15, -0.1) is 0 Å². The zero-order valence-electron chi connectivity index (χ0n) is 17.5. The Bertz CT molecular complexity index is 1010. The third-order valence-electron chi connectivity index (χ3n) is 5.16. The number of carbonyl (C=O) groups is 3. The maximum Gasteiger partial charge on any atom is 0.303 e. The SMILES string of the molecule is CCOc1ccc([C@@H]2/C(=C(\O)c3ccc(C)cc3)C(=O)C(=O)N2CCCC(=O)O)cc1. The molecule has 0 aliphatic carbocycles. The van der Waals surface area contributed by atoms with Gasteiger partial charge in [-0.25, -0.2) is 0 Å². The number of hydrogen-bond acceptors (Lipinski definition) is 5. The largest absolute Gasteiger partial charge is 0.507 e. The van der Waals surface area contributed by atoms with Gasteiger partial charge in [0.15, 0.2) is 0 Å². The van der Waals surface area contributed by atoms with Crippen LogP contribution in [0.2, 0.25) is 0 Å². The fraction of sp³-hybridized carbons (Fsp3) is 0.292. The van der Waals surface area contributed by atoms with Crippen molar-refractivity contribution in [1.29, 1.82) is 0 Å². The minimum absolute atomic E-state index is 0.00617. The molecule has 1 heterocycles. The van der Waals surface area contributed by atoms with E-state index in [0.717, 1.165) is 5.56 Å². The minimum Gasteiger partial charge on any atom is -0.507 e. The lowest BCUT2D eigenvalue weighted by Gasteiger charge is -2.25. The van der Waals surface area contributed by atoms with Gasteiger partial charge in [-0.05, 0) is 38.0 Å². The Kier molecular flexibility index (Phi) is 6.74. The van der Waals surface area contributed by atoms with Crippen molar-refractivity contribution in [2.75, 3.05) is 13.2 Å². The highest BCUT2D eigenvalue weighted by atomic mass is 16.5. The second-order valence-corrected chi connectivity index (χ2v) is 7.36. The highest BCUT2D eigenvalue weighted by Gasteiger charge is 2.45. The molecule has 1 amide bonds. The Balaban J connectivity index is 2.06. The number of rotatable bonds is 8. The quantitative estimate of drug-likeness (QED) is 0.381. The van der Waals surface area contributed by atoms with E-state index in [4.69, 9.17) is 9.84 Å². The summed E-state index contributed by atoms with van der Waals surface area (Å²) in [5.74, 6) is -2.12. The summed E-state index contributed by atoms with van der Waals surface area (Å²) in [7, 11) is 0. The van der Waals surface area contributed by atoms with Crippen molar-refractivity contribution >= 4 is 23.4 Å². The van der Waals surface area contributed by atoms with Crippen LogP contribution in [0.1, 0.15) is 42.5 Å². The number of amides is 1. The molecule has 1 aliphatic rings. The van der Waals surface area contributed by atoms with Crippen molar-refractivity contribution in [3.05, 3.63) is 70.8 Å². The summed E-state index contributed by atoms with van der Waals surface area (Å²) < 4.78 is 5.46. The van der Waals surface area contributed by atoms with Gasteiger partial charge in [0.25, 0.3) is 11.7 Å². The first-order valence-electron chi connectivity index (χ1n) is 10.1. The first-order valence-corrected chi connectivity index (χ1v) is 10.1. The van der Waals surface area contributed by atoms with Crippen molar-refractivity contribution in [3.8, 4) is 5.75 Å². The molecule has 0 bridgehead atoms. The van der Waals surface area contributed by atoms with E-state index in [9.17, 15) is 19.5 Å². The Morgan fingerprint density at radius 1 is 1.03 bits per heavy atom. The van der Waals surface area contributed by atoms with Crippen LogP contribution in [0.3, 0.4) is 0 Å². The number of aryl methyl sites for hydroxylation is 1. The van der Waals surface area contributed by atoms with E-state index in [2.05, 4.69) is 0 Å². The molecule has 1 saturated heterocycles. The molecule has 162 valence electrons. The predicted octanol–water partition coefficient (Wildman–Crippen LogP) is 3.68. The minimum atomic E-state index is -0.978. The number of aliphatic hydroxyl groups excluding tert-OH is 1. The number of likely N-dealkylation sites (tertiary alicyclic amines) is 1. The summed E-state index contributed by atoms with van der Waals surface area (Å²) in [5.41, 5.74) is 2.05. The molecule has 3 rings (SSSR count). The van der Waals surface area contributed by atoms with E-state index in [-0.39, 0.29) is 30.7 Å². The monoisotopic (exact) mass is 423 g/mol. The first kappa shape index (κ1) is 22.1. The van der Waals surface area contributed by atoms with E-state index in [1.54, 1.807) is 36.4 Å². The second kappa shape index (κ2) is 9.47. The molecule has 0 unspecified atom stereocenters. The number of benzene rings is 2. The molecular formula is C24H25NO6. The average molecular weight is 423 g/mol. The molecule has 0 aromatic heterocycles. The summed E-state index contributed by atoms with van der Waals surface area (Å²) in [6.45, 7) is 4.36. The fourth-order valence-electron chi connectivity index (χ4n) is 3.64. The van der Waals surface area contributed by atoms with Crippen LogP contribution >= 0.6 is 0 Å². The molecule has 0 radical (unpaired) electrons. The number of aliphatic carboxylic acids is 1. The van der Waals surface area contributed by atoms with Crippen molar-refractivity contribution < 1.29 is 29.3 Å². The lowest BCUT2D eigenvalue weighted by atomic mass is 9.95. The molecule has 2 N–H and O–H groups in total. The van der Waals surface area contributed by atoms with Gasteiger partial charge < -0.3 is 19.8 Å². The van der Waals surface area contributed by atoms with Crippen LogP contribution in [0.4, 0.5) is 0 Å². The molecule has 1 aliphatic heterocycles. The number of carboxylic acids is 1. The Hall–Kier alpha value is -3.61. The van der Waals surface area contributed by atoms with E-state index in [1.807, 2.05) is 26.0 Å². The summed E-state index contributed by atoms with van der Waals surface area (Å²) in [6.07, 6.45) is 0.0669. The molecule has 1 fully saturated rings. The van der Waals surface area contributed by atoms with Crippen molar-refractivity contribution in [3.63, 3.8) is 0 Å². The molecule has 2 aromatic carbocycles. The lowest BCUT2D eigenvalue weighted by Crippen LogP contribution is -2.31.